The summed E-state index contributed by atoms with van der Waals surface area (Å²) in [5.41, 5.74) is 0.651. The molecule has 0 aliphatic carbocycles. The number of thiophene rings is 1. The van der Waals surface area contributed by atoms with Crippen LogP contribution in [0.25, 0.3) is 0 Å². The molecule has 0 radical (unpaired) electrons. The summed E-state index contributed by atoms with van der Waals surface area (Å²) < 4.78 is 13.4. The fraction of sp³-hybridized carbons (Fsp3) is 0.350. The van der Waals surface area contributed by atoms with Crippen molar-refractivity contribution < 1.29 is 18.8 Å². The van der Waals surface area contributed by atoms with Gasteiger partial charge in [0.25, 0.3) is 5.91 Å². The molecule has 2 saturated heterocycles. The lowest BCUT2D eigenvalue weighted by Crippen LogP contribution is -2.59. The third-order valence-corrected chi connectivity index (χ3v) is 6.04. The van der Waals surface area contributed by atoms with E-state index in [2.05, 4.69) is 0 Å². The maximum atomic E-state index is 13.4. The predicted octanol–water partition coefficient (Wildman–Crippen LogP) is 1.97. The van der Waals surface area contributed by atoms with Crippen molar-refractivity contribution in [1.82, 2.24) is 14.7 Å². The minimum Gasteiger partial charge on any atom is -0.336 e. The van der Waals surface area contributed by atoms with Crippen molar-refractivity contribution in [3.05, 3.63) is 58.0 Å². The fourth-order valence-corrected chi connectivity index (χ4v) is 4.47. The van der Waals surface area contributed by atoms with E-state index in [0.717, 1.165) is 0 Å². The predicted molar refractivity (Wildman–Crippen MR) is 102 cm³/mol. The maximum Gasteiger partial charge on any atom is 0.263 e. The Kier molecular flexibility index (Phi) is 5.13. The van der Waals surface area contributed by atoms with Crippen molar-refractivity contribution >= 4 is 29.1 Å². The van der Waals surface area contributed by atoms with Crippen LogP contribution in [0.2, 0.25) is 0 Å². The summed E-state index contributed by atoms with van der Waals surface area (Å²) in [4.78, 5) is 43.7. The first-order chi connectivity index (χ1) is 13.5. The van der Waals surface area contributed by atoms with Gasteiger partial charge in [-0.1, -0.05) is 18.2 Å². The van der Waals surface area contributed by atoms with E-state index < -0.39 is 6.04 Å². The van der Waals surface area contributed by atoms with Gasteiger partial charge < -0.3 is 14.7 Å². The summed E-state index contributed by atoms with van der Waals surface area (Å²) in [6.45, 7) is 1.36. The van der Waals surface area contributed by atoms with Gasteiger partial charge in [-0.3, -0.25) is 14.4 Å². The summed E-state index contributed by atoms with van der Waals surface area (Å²) in [5, 5.41) is 1.85. The molecule has 3 heterocycles. The summed E-state index contributed by atoms with van der Waals surface area (Å²) in [7, 11) is 0. The summed E-state index contributed by atoms with van der Waals surface area (Å²) in [5.74, 6) is -0.709. The van der Waals surface area contributed by atoms with Crippen molar-refractivity contribution in [2.75, 3.05) is 26.2 Å². The first-order valence-electron chi connectivity index (χ1n) is 9.18. The number of rotatable bonds is 3. The zero-order valence-electron chi connectivity index (χ0n) is 15.2. The Morgan fingerprint density at radius 2 is 2.00 bits per heavy atom. The third-order valence-electron chi connectivity index (χ3n) is 5.18. The zero-order chi connectivity index (χ0) is 19.7. The molecule has 1 aromatic carbocycles. The molecule has 2 aliphatic heterocycles. The molecule has 1 atom stereocenters. The monoisotopic (exact) mass is 401 g/mol. The number of carbonyl (C=O) groups is 3. The number of carbonyl (C=O) groups excluding carboxylic acids is 3. The van der Waals surface area contributed by atoms with E-state index >= 15 is 0 Å². The lowest BCUT2D eigenvalue weighted by Gasteiger charge is -2.39. The highest BCUT2D eigenvalue weighted by Crippen LogP contribution is 2.22. The molecular weight excluding hydrogens is 381 g/mol. The molecule has 0 N–H and O–H groups in total. The molecule has 2 aromatic rings. The molecule has 0 saturated carbocycles. The van der Waals surface area contributed by atoms with Gasteiger partial charge in [0.05, 0.1) is 4.88 Å². The Hall–Kier alpha value is -2.74. The van der Waals surface area contributed by atoms with Crippen molar-refractivity contribution in [2.24, 2.45) is 0 Å². The number of piperazine rings is 1. The molecule has 1 unspecified atom stereocenters. The van der Waals surface area contributed by atoms with E-state index in [0.29, 0.717) is 36.5 Å². The molecular formula is C20H20FN3O3S. The molecule has 2 fully saturated rings. The van der Waals surface area contributed by atoms with Gasteiger partial charge in [-0.15, -0.1) is 11.3 Å². The topological polar surface area (TPSA) is 60.9 Å². The van der Waals surface area contributed by atoms with Crippen LogP contribution >= 0.6 is 11.3 Å². The highest BCUT2D eigenvalue weighted by atomic mass is 32.1. The van der Waals surface area contributed by atoms with Gasteiger partial charge in [0, 0.05) is 26.2 Å². The van der Waals surface area contributed by atoms with Crippen LogP contribution in [-0.2, 0) is 16.1 Å². The SMILES string of the molecule is O=C(c1cccs1)N1CCC2C(=O)N(Cc3cccc(F)c3)CC(=O)N2CC1. The number of amides is 3. The van der Waals surface area contributed by atoms with E-state index in [9.17, 15) is 18.8 Å². The van der Waals surface area contributed by atoms with Crippen molar-refractivity contribution in [2.45, 2.75) is 19.0 Å². The second kappa shape index (κ2) is 7.71. The Bertz CT molecular complexity index is 902. The van der Waals surface area contributed by atoms with Gasteiger partial charge in [-0.05, 0) is 35.6 Å². The minimum absolute atomic E-state index is 0.0231. The van der Waals surface area contributed by atoms with Gasteiger partial charge in [0.2, 0.25) is 11.8 Å². The van der Waals surface area contributed by atoms with Gasteiger partial charge in [0.1, 0.15) is 18.4 Å². The number of hydrogen-bond donors (Lipinski definition) is 0. The van der Waals surface area contributed by atoms with E-state index in [1.165, 1.54) is 28.4 Å². The summed E-state index contributed by atoms with van der Waals surface area (Å²) >= 11 is 1.38. The van der Waals surface area contributed by atoms with Gasteiger partial charge in [-0.25, -0.2) is 4.39 Å². The first kappa shape index (κ1) is 18.6. The van der Waals surface area contributed by atoms with Gasteiger partial charge in [0.15, 0.2) is 0 Å². The van der Waals surface area contributed by atoms with E-state index in [1.54, 1.807) is 28.0 Å². The fourth-order valence-electron chi connectivity index (χ4n) is 3.78. The maximum absolute atomic E-state index is 13.4. The molecule has 28 heavy (non-hydrogen) atoms. The number of hydrogen-bond acceptors (Lipinski definition) is 4. The number of fused-ring (bicyclic) bond motifs is 1. The number of benzene rings is 1. The highest BCUT2D eigenvalue weighted by molar-refractivity contribution is 7.12. The average molecular weight is 401 g/mol. The van der Waals surface area contributed by atoms with Crippen LogP contribution in [0.1, 0.15) is 21.7 Å². The highest BCUT2D eigenvalue weighted by Gasteiger charge is 2.41. The van der Waals surface area contributed by atoms with E-state index in [4.69, 9.17) is 0 Å². The first-order valence-corrected chi connectivity index (χ1v) is 10.1. The van der Waals surface area contributed by atoms with Crippen LogP contribution in [0.3, 0.4) is 0 Å². The summed E-state index contributed by atoms with van der Waals surface area (Å²) in [6.07, 6.45) is 0.404. The van der Waals surface area contributed by atoms with E-state index in [1.807, 2.05) is 11.4 Å². The average Bonchev–Trinajstić information content (AvgIpc) is 3.11. The second-order valence-corrected chi connectivity index (χ2v) is 7.93. The van der Waals surface area contributed by atoms with Crippen molar-refractivity contribution in [3.63, 3.8) is 0 Å². The number of halogens is 1. The van der Waals surface area contributed by atoms with E-state index in [-0.39, 0.29) is 36.6 Å². The molecule has 0 spiro atoms. The number of nitrogens with zero attached hydrogens (tertiary/aromatic N) is 3. The molecule has 2 aliphatic rings. The van der Waals surface area contributed by atoms with Crippen LogP contribution < -0.4 is 0 Å². The van der Waals surface area contributed by atoms with Crippen molar-refractivity contribution in [1.29, 1.82) is 0 Å². The van der Waals surface area contributed by atoms with Crippen LogP contribution in [0.15, 0.2) is 41.8 Å². The minimum atomic E-state index is -0.573. The lowest BCUT2D eigenvalue weighted by molar-refractivity contribution is -0.156. The van der Waals surface area contributed by atoms with Crippen LogP contribution in [0, 0.1) is 5.82 Å². The second-order valence-electron chi connectivity index (χ2n) is 6.99. The standard InChI is InChI=1S/C20H20FN3O3S/c21-15-4-1-3-14(11-15)12-23-13-18(25)24-9-8-22(7-6-16(24)19(23)26)20(27)17-5-2-10-28-17/h1-5,10-11,16H,6-9,12-13H2. The van der Waals surface area contributed by atoms with Gasteiger partial charge in [-0.2, -0.15) is 0 Å². The molecule has 146 valence electrons. The third kappa shape index (κ3) is 3.64. The van der Waals surface area contributed by atoms with Gasteiger partial charge >= 0.3 is 0 Å². The Labute approximate surface area is 166 Å². The molecule has 6 nitrogen and oxygen atoms in total. The smallest absolute Gasteiger partial charge is 0.263 e. The molecule has 1 aromatic heterocycles. The summed E-state index contributed by atoms with van der Waals surface area (Å²) in [6, 6.07) is 9.08. The van der Waals surface area contributed by atoms with Crippen molar-refractivity contribution in [3.8, 4) is 0 Å². The molecule has 8 heteroatoms. The molecule has 3 amide bonds. The molecule has 4 rings (SSSR count). The normalized spacial score (nSPS) is 20.2. The molecule has 0 bridgehead atoms. The Morgan fingerprint density at radius 3 is 2.75 bits per heavy atom. The Morgan fingerprint density at radius 1 is 1.14 bits per heavy atom. The lowest BCUT2D eigenvalue weighted by atomic mass is 10.1. The largest absolute Gasteiger partial charge is 0.336 e. The van der Waals surface area contributed by atoms with Crippen LogP contribution in [0.5, 0.6) is 0 Å². The quantitative estimate of drug-likeness (QED) is 0.790. The zero-order valence-corrected chi connectivity index (χ0v) is 16.0. The van der Waals surface area contributed by atoms with Crippen LogP contribution in [-0.4, -0.2) is 64.6 Å². The Balaban J connectivity index is 1.48. The van der Waals surface area contributed by atoms with Crippen LogP contribution in [0.4, 0.5) is 4.39 Å².